The summed E-state index contributed by atoms with van der Waals surface area (Å²) in [5, 5.41) is 4.09. The number of hydrogen-bond donors (Lipinski definition) is 2. The van der Waals surface area contributed by atoms with Crippen LogP contribution in [-0.4, -0.2) is 24.2 Å². The average molecular weight is 280 g/mol. The van der Waals surface area contributed by atoms with Gasteiger partial charge in [0.05, 0.1) is 26.5 Å². The number of methoxy groups -OCH3 is 2. The monoisotopic (exact) mass is 280 g/mol. The number of rotatable bonds is 5. The summed E-state index contributed by atoms with van der Waals surface area (Å²) in [6, 6.07) is -0.264. The molecule has 2 rings (SSSR count). The molecule has 19 heavy (non-hydrogen) atoms. The zero-order chi connectivity index (χ0) is 13.8. The molecule has 2 aromatic heterocycles. The molecular weight excluding hydrogens is 264 g/mol. The van der Waals surface area contributed by atoms with Gasteiger partial charge in [-0.05, 0) is 28.8 Å². The van der Waals surface area contributed by atoms with Gasteiger partial charge < -0.3 is 9.47 Å². The number of nitrogens with two attached hydrogens (primary N) is 1. The summed E-state index contributed by atoms with van der Waals surface area (Å²) in [6.07, 6.45) is 1.55. The van der Waals surface area contributed by atoms with Crippen molar-refractivity contribution in [3.63, 3.8) is 0 Å². The molecular formula is C12H16N4O2S. The number of nitrogens with one attached hydrogen (secondary N) is 1. The third-order valence-electron chi connectivity index (χ3n) is 2.79. The molecule has 2 heterocycles. The van der Waals surface area contributed by atoms with Gasteiger partial charge in [0, 0.05) is 0 Å². The summed E-state index contributed by atoms with van der Waals surface area (Å²) in [7, 11) is 3.08. The van der Waals surface area contributed by atoms with E-state index in [1.165, 1.54) is 7.11 Å². The van der Waals surface area contributed by atoms with E-state index in [4.69, 9.17) is 15.3 Å². The van der Waals surface area contributed by atoms with Crippen molar-refractivity contribution in [2.45, 2.75) is 13.0 Å². The normalized spacial score (nSPS) is 12.2. The molecule has 3 N–H and O–H groups in total. The third kappa shape index (κ3) is 2.67. The first-order chi connectivity index (χ1) is 9.21. The molecule has 0 aliphatic carbocycles. The molecule has 0 aromatic carbocycles. The lowest BCUT2D eigenvalue weighted by Gasteiger charge is -2.17. The first-order valence-electron chi connectivity index (χ1n) is 5.65. The average Bonchev–Trinajstić information content (AvgIpc) is 2.86. The van der Waals surface area contributed by atoms with Gasteiger partial charge in [-0.25, -0.2) is 10.4 Å². The van der Waals surface area contributed by atoms with Crippen molar-refractivity contribution >= 4 is 11.3 Å². The maximum atomic E-state index is 5.66. The van der Waals surface area contributed by atoms with Gasteiger partial charge in [-0.3, -0.25) is 5.84 Å². The smallest absolute Gasteiger partial charge is 0.240 e. The second kappa shape index (κ2) is 5.96. The van der Waals surface area contributed by atoms with Crippen LogP contribution >= 0.6 is 11.3 Å². The van der Waals surface area contributed by atoms with Crippen LogP contribution < -0.4 is 20.7 Å². The van der Waals surface area contributed by atoms with Crippen LogP contribution in [0.5, 0.6) is 11.8 Å². The quantitative estimate of drug-likeness (QED) is 0.636. The van der Waals surface area contributed by atoms with E-state index in [-0.39, 0.29) is 6.04 Å². The molecule has 0 bridgehead atoms. The van der Waals surface area contributed by atoms with Crippen LogP contribution in [0, 0.1) is 6.92 Å². The highest BCUT2D eigenvalue weighted by Crippen LogP contribution is 2.31. The van der Waals surface area contributed by atoms with Gasteiger partial charge in [0.15, 0.2) is 0 Å². The largest absolute Gasteiger partial charge is 0.480 e. The van der Waals surface area contributed by atoms with Gasteiger partial charge in [0.1, 0.15) is 5.69 Å². The highest BCUT2D eigenvalue weighted by Gasteiger charge is 2.22. The van der Waals surface area contributed by atoms with Crippen LogP contribution in [0.4, 0.5) is 0 Å². The van der Waals surface area contributed by atoms with E-state index < -0.39 is 0 Å². The highest BCUT2D eigenvalue weighted by atomic mass is 32.1. The Labute approximate surface area is 115 Å². The van der Waals surface area contributed by atoms with E-state index in [1.54, 1.807) is 24.6 Å². The zero-order valence-electron chi connectivity index (χ0n) is 11.0. The summed E-state index contributed by atoms with van der Waals surface area (Å²) in [5.41, 5.74) is 5.60. The van der Waals surface area contributed by atoms with E-state index in [2.05, 4.69) is 20.8 Å². The number of thiophene rings is 1. The van der Waals surface area contributed by atoms with Crippen molar-refractivity contribution in [3.05, 3.63) is 33.8 Å². The van der Waals surface area contributed by atoms with E-state index in [0.717, 1.165) is 11.1 Å². The molecule has 0 fully saturated rings. The van der Waals surface area contributed by atoms with Gasteiger partial charge in [-0.2, -0.15) is 16.3 Å². The Balaban J connectivity index is 2.46. The fourth-order valence-corrected chi connectivity index (χ4v) is 2.67. The number of hydrogen-bond acceptors (Lipinski definition) is 7. The van der Waals surface area contributed by atoms with Crippen LogP contribution in [0.1, 0.15) is 22.9 Å². The molecule has 0 radical (unpaired) electrons. The Morgan fingerprint density at radius 3 is 2.63 bits per heavy atom. The number of aryl methyl sites for hydroxylation is 1. The first kappa shape index (κ1) is 13.7. The maximum Gasteiger partial charge on any atom is 0.240 e. The Morgan fingerprint density at radius 2 is 2.11 bits per heavy atom. The predicted octanol–water partition coefficient (Wildman–Crippen LogP) is 1.42. The summed E-state index contributed by atoms with van der Waals surface area (Å²) >= 11 is 1.62. The lowest BCUT2D eigenvalue weighted by Crippen LogP contribution is -2.30. The molecule has 0 aliphatic heterocycles. The van der Waals surface area contributed by atoms with Gasteiger partial charge in [-0.1, -0.05) is 0 Å². The highest BCUT2D eigenvalue weighted by molar-refractivity contribution is 7.08. The zero-order valence-corrected chi connectivity index (χ0v) is 11.8. The first-order valence-corrected chi connectivity index (χ1v) is 6.59. The van der Waals surface area contributed by atoms with Crippen molar-refractivity contribution in [1.82, 2.24) is 15.4 Å². The van der Waals surface area contributed by atoms with Crippen LogP contribution in [-0.2, 0) is 0 Å². The van der Waals surface area contributed by atoms with Crippen LogP contribution in [0.25, 0.3) is 0 Å². The molecule has 0 spiro atoms. The molecule has 0 aliphatic rings. The standard InChI is InChI=1S/C12H16N4O2S/c1-7-5-19-6-8(7)10(16-13)11-12(18-3)15-9(17-2)4-14-11/h4-6,10,16H,13H2,1-3H3. The van der Waals surface area contributed by atoms with Gasteiger partial charge in [0.25, 0.3) is 0 Å². The lowest BCUT2D eigenvalue weighted by molar-refractivity contribution is 0.352. The van der Waals surface area contributed by atoms with Crippen molar-refractivity contribution in [1.29, 1.82) is 0 Å². The summed E-state index contributed by atoms with van der Waals surface area (Å²) in [4.78, 5) is 8.56. The molecule has 0 amide bonds. The SMILES string of the molecule is COc1cnc(C(NN)c2cscc2C)c(OC)n1. The number of nitrogens with zero attached hydrogens (tertiary/aromatic N) is 2. The molecule has 102 valence electrons. The third-order valence-corrected chi connectivity index (χ3v) is 3.67. The lowest BCUT2D eigenvalue weighted by atomic mass is 10.0. The van der Waals surface area contributed by atoms with E-state index >= 15 is 0 Å². The summed E-state index contributed by atoms with van der Waals surface area (Å²) < 4.78 is 10.3. The predicted molar refractivity (Wildman–Crippen MR) is 73.4 cm³/mol. The van der Waals surface area contributed by atoms with Gasteiger partial charge >= 0.3 is 0 Å². The van der Waals surface area contributed by atoms with E-state index in [1.807, 2.05) is 12.3 Å². The fraction of sp³-hybridized carbons (Fsp3) is 0.333. The second-order valence-electron chi connectivity index (χ2n) is 3.92. The number of aromatic nitrogens is 2. The second-order valence-corrected chi connectivity index (χ2v) is 4.66. The number of ether oxygens (including phenoxy) is 2. The minimum atomic E-state index is -0.264. The van der Waals surface area contributed by atoms with Crippen molar-refractivity contribution in [2.24, 2.45) is 5.84 Å². The minimum Gasteiger partial charge on any atom is -0.480 e. The molecule has 2 aromatic rings. The van der Waals surface area contributed by atoms with Crippen LogP contribution in [0.2, 0.25) is 0 Å². The van der Waals surface area contributed by atoms with Gasteiger partial charge in [-0.15, -0.1) is 0 Å². The van der Waals surface area contributed by atoms with E-state index in [9.17, 15) is 0 Å². The fourth-order valence-electron chi connectivity index (χ4n) is 1.79. The van der Waals surface area contributed by atoms with Crippen LogP contribution in [0.3, 0.4) is 0 Å². The molecule has 1 unspecified atom stereocenters. The Hall–Kier alpha value is -1.70. The number of hydrazine groups is 1. The van der Waals surface area contributed by atoms with Crippen molar-refractivity contribution in [3.8, 4) is 11.8 Å². The molecule has 7 heteroatoms. The molecule has 0 saturated heterocycles. The molecule has 0 saturated carbocycles. The van der Waals surface area contributed by atoms with Crippen LogP contribution in [0.15, 0.2) is 17.0 Å². The van der Waals surface area contributed by atoms with Gasteiger partial charge in [0.2, 0.25) is 11.8 Å². The Kier molecular flexibility index (Phi) is 4.31. The minimum absolute atomic E-state index is 0.264. The Bertz CT molecular complexity index is 558. The topological polar surface area (TPSA) is 82.3 Å². The summed E-state index contributed by atoms with van der Waals surface area (Å²) in [6.45, 7) is 2.03. The molecule has 6 nitrogen and oxygen atoms in total. The van der Waals surface area contributed by atoms with E-state index in [0.29, 0.717) is 17.5 Å². The maximum absolute atomic E-state index is 5.66. The summed E-state index contributed by atoms with van der Waals surface area (Å²) in [5.74, 6) is 6.46. The van der Waals surface area contributed by atoms with Crippen molar-refractivity contribution < 1.29 is 9.47 Å². The molecule has 1 atom stereocenters. The Morgan fingerprint density at radius 1 is 1.32 bits per heavy atom. The van der Waals surface area contributed by atoms with Crippen molar-refractivity contribution in [2.75, 3.05) is 14.2 Å².